The Kier molecular flexibility index (Phi) is 4.24. The summed E-state index contributed by atoms with van der Waals surface area (Å²) >= 11 is 0. The zero-order chi connectivity index (χ0) is 13.0. The van der Waals surface area contributed by atoms with E-state index in [4.69, 9.17) is 4.74 Å². The molecule has 3 nitrogen and oxygen atoms in total. The highest BCUT2D eigenvalue weighted by molar-refractivity contribution is 5.77. The Bertz CT molecular complexity index is 408. The van der Waals surface area contributed by atoms with Crippen LogP contribution in [0.5, 0.6) is 5.75 Å². The maximum atomic E-state index is 11.4. The summed E-state index contributed by atoms with van der Waals surface area (Å²) in [6, 6.07) is 6.23. The van der Waals surface area contributed by atoms with Crippen LogP contribution in [0.3, 0.4) is 0 Å². The van der Waals surface area contributed by atoms with E-state index in [1.54, 1.807) is 0 Å². The average Bonchev–Trinajstić information content (AvgIpc) is 2.69. The van der Waals surface area contributed by atoms with E-state index in [9.17, 15) is 4.79 Å². The van der Waals surface area contributed by atoms with E-state index in [0.717, 1.165) is 38.1 Å². The summed E-state index contributed by atoms with van der Waals surface area (Å²) in [5.41, 5.74) is 2.44. The van der Waals surface area contributed by atoms with E-state index in [0.29, 0.717) is 12.5 Å². The van der Waals surface area contributed by atoms with Gasteiger partial charge in [0.1, 0.15) is 5.75 Å². The summed E-state index contributed by atoms with van der Waals surface area (Å²) in [5.74, 6) is 1.22. The average molecular weight is 247 g/mol. The number of ether oxygens (including phenoxy) is 1. The molecule has 0 spiro atoms. The van der Waals surface area contributed by atoms with Crippen LogP contribution < -0.4 is 4.74 Å². The van der Waals surface area contributed by atoms with E-state index in [1.165, 1.54) is 11.1 Å². The van der Waals surface area contributed by atoms with Crippen molar-refractivity contribution in [1.82, 2.24) is 4.90 Å². The number of aryl methyl sites for hydroxylation is 2. The van der Waals surface area contributed by atoms with Gasteiger partial charge in [0, 0.05) is 19.5 Å². The number of hydrogen-bond acceptors (Lipinski definition) is 2. The molecule has 1 heterocycles. The van der Waals surface area contributed by atoms with Crippen molar-refractivity contribution in [3.05, 3.63) is 29.3 Å². The summed E-state index contributed by atoms with van der Waals surface area (Å²) < 4.78 is 5.72. The maximum absolute atomic E-state index is 11.4. The molecule has 0 radical (unpaired) electrons. The van der Waals surface area contributed by atoms with Crippen LogP contribution in [-0.2, 0) is 4.79 Å². The van der Waals surface area contributed by atoms with Gasteiger partial charge < -0.3 is 9.64 Å². The molecule has 0 N–H and O–H groups in total. The second kappa shape index (κ2) is 5.89. The molecule has 18 heavy (non-hydrogen) atoms. The van der Waals surface area contributed by atoms with E-state index in [2.05, 4.69) is 19.9 Å². The number of carbonyl (C=O) groups excluding carboxylic acids is 1. The topological polar surface area (TPSA) is 29.5 Å². The van der Waals surface area contributed by atoms with Crippen LogP contribution in [0.25, 0.3) is 0 Å². The van der Waals surface area contributed by atoms with Crippen molar-refractivity contribution in [3.63, 3.8) is 0 Å². The van der Waals surface area contributed by atoms with Crippen LogP contribution >= 0.6 is 0 Å². The SMILES string of the molecule is Cc1cc(C)cc(OCCCN2CCCC2=O)c1. The predicted octanol–water partition coefficient (Wildman–Crippen LogP) is 2.69. The van der Waals surface area contributed by atoms with Crippen LogP contribution in [-0.4, -0.2) is 30.5 Å². The first kappa shape index (κ1) is 12.9. The number of rotatable bonds is 5. The van der Waals surface area contributed by atoms with Gasteiger partial charge in [0.15, 0.2) is 0 Å². The van der Waals surface area contributed by atoms with E-state index < -0.39 is 0 Å². The summed E-state index contributed by atoms with van der Waals surface area (Å²) in [5, 5.41) is 0. The third-order valence-corrected chi connectivity index (χ3v) is 3.21. The molecule has 0 bridgehead atoms. The van der Waals surface area contributed by atoms with Gasteiger partial charge in [-0.2, -0.15) is 0 Å². The summed E-state index contributed by atoms with van der Waals surface area (Å²) in [4.78, 5) is 13.3. The van der Waals surface area contributed by atoms with Gasteiger partial charge in [0.05, 0.1) is 6.61 Å². The van der Waals surface area contributed by atoms with Crippen molar-refractivity contribution in [1.29, 1.82) is 0 Å². The molecule has 3 heteroatoms. The normalized spacial score (nSPS) is 15.2. The van der Waals surface area contributed by atoms with Gasteiger partial charge in [-0.1, -0.05) is 6.07 Å². The second-order valence-corrected chi connectivity index (χ2v) is 5.01. The second-order valence-electron chi connectivity index (χ2n) is 5.01. The Morgan fingerprint density at radius 2 is 1.94 bits per heavy atom. The Hall–Kier alpha value is -1.51. The van der Waals surface area contributed by atoms with Gasteiger partial charge in [0.25, 0.3) is 0 Å². The fourth-order valence-electron chi connectivity index (χ4n) is 2.40. The van der Waals surface area contributed by atoms with Crippen molar-refractivity contribution in [2.45, 2.75) is 33.1 Å². The zero-order valence-electron chi connectivity index (χ0n) is 11.2. The minimum atomic E-state index is 0.293. The summed E-state index contributed by atoms with van der Waals surface area (Å²) in [7, 11) is 0. The molecular formula is C15H21NO2. The van der Waals surface area contributed by atoms with Crippen LogP contribution in [0.1, 0.15) is 30.4 Å². The molecule has 2 rings (SSSR count). The van der Waals surface area contributed by atoms with Crippen LogP contribution in [0.15, 0.2) is 18.2 Å². The molecule has 1 aromatic carbocycles. The lowest BCUT2D eigenvalue weighted by atomic mass is 10.1. The van der Waals surface area contributed by atoms with Crippen LogP contribution in [0.4, 0.5) is 0 Å². The molecule has 0 saturated carbocycles. The van der Waals surface area contributed by atoms with Crippen molar-refractivity contribution >= 4 is 5.91 Å². The summed E-state index contributed by atoms with van der Waals surface area (Å²) in [6.07, 6.45) is 2.63. The van der Waals surface area contributed by atoms with Crippen molar-refractivity contribution < 1.29 is 9.53 Å². The third kappa shape index (κ3) is 3.49. The Morgan fingerprint density at radius 3 is 2.56 bits per heavy atom. The highest BCUT2D eigenvalue weighted by Crippen LogP contribution is 2.16. The molecule has 98 valence electrons. The molecule has 1 aliphatic rings. The fraction of sp³-hybridized carbons (Fsp3) is 0.533. The van der Waals surface area contributed by atoms with Crippen LogP contribution in [0.2, 0.25) is 0 Å². The molecule has 0 atom stereocenters. The molecule has 1 aromatic rings. The highest BCUT2D eigenvalue weighted by Gasteiger charge is 2.18. The van der Waals surface area contributed by atoms with Gasteiger partial charge in [-0.3, -0.25) is 4.79 Å². The number of nitrogens with zero attached hydrogens (tertiary/aromatic N) is 1. The van der Waals surface area contributed by atoms with Crippen molar-refractivity contribution in [2.24, 2.45) is 0 Å². The monoisotopic (exact) mass is 247 g/mol. The molecule has 1 amide bonds. The van der Waals surface area contributed by atoms with Crippen LogP contribution in [0, 0.1) is 13.8 Å². The molecule has 0 aromatic heterocycles. The molecule has 1 aliphatic heterocycles. The standard InChI is InChI=1S/C15H21NO2/c1-12-9-13(2)11-14(10-12)18-8-4-7-16-6-3-5-15(16)17/h9-11H,3-8H2,1-2H3. The Labute approximate surface area is 109 Å². The van der Waals surface area contributed by atoms with Gasteiger partial charge >= 0.3 is 0 Å². The molecule has 1 saturated heterocycles. The third-order valence-electron chi connectivity index (χ3n) is 3.21. The van der Waals surface area contributed by atoms with Gasteiger partial charge in [-0.25, -0.2) is 0 Å². The molecular weight excluding hydrogens is 226 g/mol. The highest BCUT2D eigenvalue weighted by atomic mass is 16.5. The Balaban J connectivity index is 1.73. The van der Waals surface area contributed by atoms with E-state index in [-0.39, 0.29) is 0 Å². The zero-order valence-corrected chi connectivity index (χ0v) is 11.2. The number of likely N-dealkylation sites (tertiary alicyclic amines) is 1. The lowest BCUT2D eigenvalue weighted by molar-refractivity contribution is -0.127. The fourth-order valence-corrected chi connectivity index (χ4v) is 2.40. The minimum absolute atomic E-state index is 0.293. The van der Waals surface area contributed by atoms with Gasteiger partial charge in [-0.05, 0) is 49.9 Å². The van der Waals surface area contributed by atoms with Crippen molar-refractivity contribution in [2.75, 3.05) is 19.7 Å². The first-order valence-corrected chi connectivity index (χ1v) is 6.64. The summed E-state index contributed by atoms with van der Waals surface area (Å²) in [6.45, 7) is 6.56. The molecule has 0 unspecified atom stereocenters. The number of hydrogen-bond donors (Lipinski definition) is 0. The molecule has 1 fully saturated rings. The quantitative estimate of drug-likeness (QED) is 0.749. The van der Waals surface area contributed by atoms with Gasteiger partial charge in [-0.15, -0.1) is 0 Å². The minimum Gasteiger partial charge on any atom is -0.494 e. The van der Waals surface area contributed by atoms with E-state index >= 15 is 0 Å². The van der Waals surface area contributed by atoms with Crippen molar-refractivity contribution in [3.8, 4) is 5.75 Å². The first-order chi connectivity index (χ1) is 8.65. The lowest BCUT2D eigenvalue weighted by Gasteiger charge is -2.15. The number of amides is 1. The largest absolute Gasteiger partial charge is 0.494 e. The van der Waals surface area contributed by atoms with Gasteiger partial charge in [0.2, 0.25) is 5.91 Å². The predicted molar refractivity (Wildman–Crippen MR) is 71.8 cm³/mol. The smallest absolute Gasteiger partial charge is 0.222 e. The lowest BCUT2D eigenvalue weighted by Crippen LogP contribution is -2.26. The van der Waals surface area contributed by atoms with E-state index in [1.807, 2.05) is 17.0 Å². The first-order valence-electron chi connectivity index (χ1n) is 6.64. The number of carbonyl (C=O) groups is 1. The Morgan fingerprint density at radius 1 is 1.22 bits per heavy atom. The number of benzene rings is 1. The molecule has 0 aliphatic carbocycles. The maximum Gasteiger partial charge on any atom is 0.222 e.